The third-order valence-electron chi connectivity index (χ3n) is 8.50. The Bertz CT molecular complexity index is 519. The normalized spacial score (nSPS) is 45.0. The van der Waals surface area contributed by atoms with Gasteiger partial charge in [-0.2, -0.15) is 0 Å². The van der Waals surface area contributed by atoms with Crippen LogP contribution in [-0.2, 0) is 9.53 Å². The highest BCUT2D eigenvalue weighted by atomic mass is 16.5. The van der Waals surface area contributed by atoms with Crippen LogP contribution in [0.3, 0.4) is 0 Å². The number of likely N-dealkylation sites (N-methyl/N-ethyl adjacent to an activating group) is 1. The van der Waals surface area contributed by atoms with E-state index in [1.807, 2.05) is 7.11 Å². The second-order valence-corrected chi connectivity index (χ2v) is 10.3. The van der Waals surface area contributed by atoms with Gasteiger partial charge in [0.05, 0.1) is 11.0 Å². The highest BCUT2D eigenvalue weighted by molar-refractivity contribution is 5.84. The summed E-state index contributed by atoms with van der Waals surface area (Å²) in [5.74, 6) is 3.76. The van der Waals surface area contributed by atoms with Crippen LogP contribution in [0.1, 0.15) is 51.4 Å². The predicted molar refractivity (Wildman–Crippen MR) is 97.1 cm³/mol. The van der Waals surface area contributed by atoms with Crippen molar-refractivity contribution in [3.05, 3.63) is 0 Å². The molecule has 1 spiro atoms. The van der Waals surface area contributed by atoms with Gasteiger partial charge in [0.15, 0.2) is 0 Å². The van der Waals surface area contributed by atoms with E-state index in [0.29, 0.717) is 11.8 Å². The summed E-state index contributed by atoms with van der Waals surface area (Å²) in [5, 5.41) is 0. The minimum atomic E-state index is 0.0372. The van der Waals surface area contributed by atoms with Gasteiger partial charge in [0, 0.05) is 26.8 Å². The first-order valence-corrected chi connectivity index (χ1v) is 10.5. The van der Waals surface area contributed by atoms with Gasteiger partial charge in [0.1, 0.15) is 0 Å². The third-order valence-corrected chi connectivity index (χ3v) is 8.50. The Morgan fingerprint density at radius 3 is 2.20 bits per heavy atom. The molecule has 6 aliphatic rings. The number of hydrogen-bond acceptors (Lipinski definition) is 3. The summed E-state index contributed by atoms with van der Waals surface area (Å²) in [7, 11) is 4.07. The first kappa shape index (κ1) is 16.6. The molecule has 2 saturated heterocycles. The van der Waals surface area contributed by atoms with Crippen LogP contribution in [-0.4, -0.2) is 61.6 Å². The molecule has 4 heteroatoms. The van der Waals surface area contributed by atoms with E-state index in [0.717, 1.165) is 44.0 Å². The van der Waals surface area contributed by atoms with Gasteiger partial charge in [0.2, 0.25) is 5.91 Å². The molecule has 4 saturated carbocycles. The summed E-state index contributed by atoms with van der Waals surface area (Å²) in [6.07, 6.45) is 10.3. The van der Waals surface area contributed by atoms with Crippen LogP contribution in [0, 0.1) is 29.1 Å². The lowest BCUT2D eigenvalue weighted by atomic mass is 9.49. The summed E-state index contributed by atoms with van der Waals surface area (Å²) < 4.78 is 5.42. The number of nitrogens with zero attached hydrogens (tertiary/aromatic N) is 2. The molecular formula is C21H34N2O2. The zero-order valence-corrected chi connectivity index (χ0v) is 16.0. The lowest BCUT2D eigenvalue weighted by molar-refractivity contribution is -0.175. The Labute approximate surface area is 152 Å². The Kier molecular flexibility index (Phi) is 3.77. The molecule has 1 atom stereocenters. The van der Waals surface area contributed by atoms with Crippen LogP contribution in [0.15, 0.2) is 0 Å². The topological polar surface area (TPSA) is 32.8 Å². The van der Waals surface area contributed by atoms with E-state index < -0.39 is 0 Å². The van der Waals surface area contributed by atoms with Gasteiger partial charge in [-0.1, -0.05) is 0 Å². The SMILES string of the molecule is COCC1CCN(C)C2(C1)CN(C(=O)C13CC4CC(CC(C4)C1)C3)C2. The molecule has 4 bridgehead atoms. The zero-order chi connectivity index (χ0) is 17.2. The van der Waals surface area contributed by atoms with Gasteiger partial charge in [-0.25, -0.2) is 0 Å². The second-order valence-electron chi connectivity index (χ2n) is 10.3. The maximum absolute atomic E-state index is 13.5. The van der Waals surface area contributed by atoms with E-state index in [1.54, 1.807) is 0 Å². The van der Waals surface area contributed by atoms with Gasteiger partial charge in [0.25, 0.3) is 0 Å². The lowest BCUT2D eigenvalue weighted by Crippen LogP contribution is -2.74. The monoisotopic (exact) mass is 346 g/mol. The number of carbonyl (C=O) groups is 1. The van der Waals surface area contributed by atoms with Gasteiger partial charge in [-0.05, 0) is 88.6 Å². The highest BCUT2D eigenvalue weighted by Crippen LogP contribution is 2.61. The molecule has 4 aliphatic carbocycles. The molecule has 0 aromatic heterocycles. The molecule has 1 amide bonds. The number of piperidine rings is 1. The van der Waals surface area contributed by atoms with Crippen LogP contribution in [0.4, 0.5) is 0 Å². The maximum Gasteiger partial charge on any atom is 0.228 e. The quantitative estimate of drug-likeness (QED) is 0.788. The molecule has 2 aliphatic heterocycles. The van der Waals surface area contributed by atoms with E-state index in [9.17, 15) is 4.79 Å². The first-order chi connectivity index (χ1) is 12.0. The average Bonchev–Trinajstić information content (AvgIpc) is 2.53. The van der Waals surface area contributed by atoms with Crippen molar-refractivity contribution in [3.8, 4) is 0 Å². The fourth-order valence-corrected chi connectivity index (χ4v) is 7.67. The Morgan fingerprint density at radius 1 is 1.04 bits per heavy atom. The number of likely N-dealkylation sites (tertiary alicyclic amines) is 2. The van der Waals surface area contributed by atoms with E-state index in [1.165, 1.54) is 51.4 Å². The summed E-state index contributed by atoms with van der Waals surface area (Å²) >= 11 is 0. The smallest absolute Gasteiger partial charge is 0.228 e. The van der Waals surface area contributed by atoms with Gasteiger partial charge in [-0.3, -0.25) is 9.69 Å². The number of carbonyl (C=O) groups excluding carboxylic acids is 1. The Morgan fingerprint density at radius 2 is 1.64 bits per heavy atom. The van der Waals surface area contributed by atoms with E-state index >= 15 is 0 Å². The Hall–Kier alpha value is -0.610. The van der Waals surface area contributed by atoms with Crippen molar-refractivity contribution in [2.24, 2.45) is 29.1 Å². The van der Waals surface area contributed by atoms with E-state index in [2.05, 4.69) is 16.8 Å². The minimum absolute atomic E-state index is 0.0372. The molecule has 0 aromatic rings. The molecule has 6 fully saturated rings. The van der Waals surface area contributed by atoms with E-state index in [4.69, 9.17) is 4.74 Å². The largest absolute Gasteiger partial charge is 0.384 e. The summed E-state index contributed by atoms with van der Waals surface area (Å²) in [4.78, 5) is 18.3. The van der Waals surface area contributed by atoms with Crippen molar-refractivity contribution in [1.82, 2.24) is 9.80 Å². The molecule has 140 valence electrons. The third kappa shape index (κ3) is 2.50. The van der Waals surface area contributed by atoms with Crippen LogP contribution in [0.25, 0.3) is 0 Å². The first-order valence-electron chi connectivity index (χ1n) is 10.5. The summed E-state index contributed by atoms with van der Waals surface area (Å²) in [6.45, 7) is 3.94. The molecule has 6 rings (SSSR count). The summed E-state index contributed by atoms with van der Waals surface area (Å²) in [5.41, 5.74) is 0.273. The second kappa shape index (κ2) is 5.69. The van der Waals surface area contributed by atoms with Crippen LogP contribution < -0.4 is 0 Å². The molecule has 1 unspecified atom stereocenters. The lowest BCUT2D eigenvalue weighted by Gasteiger charge is -2.62. The molecule has 4 nitrogen and oxygen atoms in total. The zero-order valence-electron chi connectivity index (χ0n) is 16.0. The Balaban J connectivity index is 1.28. The van der Waals surface area contributed by atoms with Gasteiger partial charge >= 0.3 is 0 Å². The number of amides is 1. The van der Waals surface area contributed by atoms with Crippen molar-refractivity contribution < 1.29 is 9.53 Å². The average molecular weight is 347 g/mol. The van der Waals surface area contributed by atoms with Crippen LogP contribution in [0.2, 0.25) is 0 Å². The fraction of sp³-hybridized carbons (Fsp3) is 0.952. The number of hydrogen-bond donors (Lipinski definition) is 0. The molecule has 2 heterocycles. The maximum atomic E-state index is 13.5. The molecule has 0 aromatic carbocycles. The highest BCUT2D eigenvalue weighted by Gasteiger charge is 2.59. The van der Waals surface area contributed by atoms with Crippen molar-refractivity contribution in [2.75, 3.05) is 40.4 Å². The summed E-state index contributed by atoms with van der Waals surface area (Å²) in [6, 6.07) is 0. The molecular weight excluding hydrogens is 312 g/mol. The van der Waals surface area contributed by atoms with Crippen LogP contribution in [0.5, 0.6) is 0 Å². The molecule has 0 N–H and O–H groups in total. The number of methoxy groups -OCH3 is 1. The van der Waals surface area contributed by atoms with Gasteiger partial charge < -0.3 is 9.64 Å². The predicted octanol–water partition coefficient (Wildman–Crippen LogP) is 2.77. The van der Waals surface area contributed by atoms with Crippen molar-refractivity contribution in [1.29, 1.82) is 0 Å². The number of rotatable bonds is 3. The van der Waals surface area contributed by atoms with Crippen LogP contribution >= 0.6 is 0 Å². The van der Waals surface area contributed by atoms with E-state index in [-0.39, 0.29) is 11.0 Å². The van der Waals surface area contributed by atoms with Crippen molar-refractivity contribution in [2.45, 2.75) is 56.9 Å². The fourth-order valence-electron chi connectivity index (χ4n) is 7.67. The standard InChI is InChI=1S/C21H34N2O2/c1-22-4-3-15(12-25-2)11-21(22)13-23(14-21)19(24)20-8-16-5-17(9-20)7-18(6-16)10-20/h15-18H,3-14H2,1-2H3. The van der Waals surface area contributed by atoms with Crippen molar-refractivity contribution in [3.63, 3.8) is 0 Å². The van der Waals surface area contributed by atoms with Crippen molar-refractivity contribution >= 4 is 5.91 Å². The minimum Gasteiger partial charge on any atom is -0.384 e. The van der Waals surface area contributed by atoms with Gasteiger partial charge in [-0.15, -0.1) is 0 Å². The number of ether oxygens (including phenoxy) is 1. The molecule has 0 radical (unpaired) electrons. The molecule has 25 heavy (non-hydrogen) atoms.